The third-order valence-corrected chi connectivity index (χ3v) is 5.98. The number of carboxylic acid groups (broad SMARTS) is 4. The molecule has 1 heterocycles. The summed E-state index contributed by atoms with van der Waals surface area (Å²) < 4.78 is 4.23. The minimum absolute atomic E-state index is 1.21. The number of carbonyl (C=O) groups is 4. The Bertz CT molecular complexity index is 1460. The summed E-state index contributed by atoms with van der Waals surface area (Å²) in [5.41, 5.74) is 0.762. The molecule has 178 valence electrons. The molecule has 4 N–H and O–H groups in total. The number of rotatable bonds is 4. The van der Waals surface area contributed by atoms with Gasteiger partial charge in [0.1, 0.15) is 11.1 Å². The average molecular weight is 476 g/mol. The van der Waals surface area contributed by atoms with Crippen LogP contribution in [0.1, 0.15) is 65.8 Å². The zero-order chi connectivity index (χ0) is 25.3. The largest absolute Gasteiger partial charge is 0.478 e. The molecule has 1 aromatic heterocycles. The Labute approximate surface area is 197 Å². The van der Waals surface area contributed by atoms with Crippen molar-refractivity contribution in [3.05, 3.63) is 82.3 Å². The number of aryl methyl sites for hydroxylation is 2. The average Bonchev–Trinajstić information content (AvgIpc) is 3.26. The van der Waals surface area contributed by atoms with Gasteiger partial charge < -0.3 is 24.8 Å². The lowest BCUT2D eigenvalue weighted by atomic mass is 9.86. The van der Waals surface area contributed by atoms with Crippen LogP contribution in [0.4, 0.5) is 0 Å². The van der Waals surface area contributed by atoms with Gasteiger partial charge in [-0.05, 0) is 58.4 Å². The van der Waals surface area contributed by atoms with Gasteiger partial charge in [-0.2, -0.15) is 0 Å². The molecule has 0 saturated heterocycles. The zero-order valence-electron chi connectivity index (χ0n) is 18.3. The highest BCUT2D eigenvalue weighted by atomic mass is 16.4. The van der Waals surface area contributed by atoms with Crippen molar-refractivity contribution in [3.8, 4) is 0 Å². The van der Waals surface area contributed by atoms with E-state index in [9.17, 15) is 19.2 Å². The second-order valence-corrected chi connectivity index (χ2v) is 8.02. The van der Waals surface area contributed by atoms with Crippen molar-refractivity contribution >= 4 is 45.4 Å². The molecule has 3 aromatic carbocycles. The van der Waals surface area contributed by atoms with Crippen molar-refractivity contribution in [1.29, 1.82) is 0 Å². The van der Waals surface area contributed by atoms with Crippen molar-refractivity contribution in [3.63, 3.8) is 0 Å². The molecule has 0 unspecified atom stereocenters. The maximum atomic E-state index is 10.7. The van der Waals surface area contributed by atoms with Crippen LogP contribution >= 0.6 is 0 Å². The summed E-state index contributed by atoms with van der Waals surface area (Å²) in [4.78, 5) is 42.6. The summed E-state index contributed by atoms with van der Waals surface area (Å²) >= 11 is 0. The van der Waals surface area contributed by atoms with E-state index in [1.54, 1.807) is 11.1 Å². The predicted molar refractivity (Wildman–Crippen MR) is 125 cm³/mol. The number of aromatic carboxylic acids is 4. The van der Waals surface area contributed by atoms with Crippen molar-refractivity contribution < 1.29 is 44.0 Å². The topological polar surface area (TPSA) is 162 Å². The summed E-state index contributed by atoms with van der Waals surface area (Å²) in [5.74, 6) is -10.1. The van der Waals surface area contributed by atoms with Gasteiger partial charge in [0.05, 0.1) is 0 Å². The number of benzene rings is 3. The second kappa shape index (κ2) is 9.30. The molecule has 0 atom stereocenters. The van der Waals surface area contributed by atoms with Crippen LogP contribution in [0.3, 0.4) is 0 Å². The summed E-state index contributed by atoms with van der Waals surface area (Å²) in [7, 11) is 0. The molecule has 4 aromatic rings. The fourth-order valence-corrected chi connectivity index (χ4v) is 4.48. The van der Waals surface area contributed by atoms with Gasteiger partial charge in [0.2, 0.25) is 11.5 Å². The van der Waals surface area contributed by atoms with Crippen molar-refractivity contribution in [1.82, 2.24) is 0 Å². The van der Waals surface area contributed by atoms with E-state index < -0.39 is 46.5 Å². The van der Waals surface area contributed by atoms with Gasteiger partial charge in [0.25, 0.3) is 0 Å². The molecule has 0 amide bonds. The molecule has 0 spiro atoms. The van der Waals surface area contributed by atoms with Gasteiger partial charge >= 0.3 is 23.9 Å². The van der Waals surface area contributed by atoms with Gasteiger partial charge in [-0.1, -0.05) is 48.5 Å². The minimum Gasteiger partial charge on any atom is -0.478 e. The molecule has 35 heavy (non-hydrogen) atoms. The number of furan rings is 1. The number of fused-ring (bicyclic) bond motifs is 5. The number of hydrogen-bond acceptors (Lipinski definition) is 5. The molecule has 9 nitrogen and oxygen atoms in total. The smallest absolute Gasteiger partial charge is 0.372 e. The SMILES string of the molecule is O=C(O)c1oc(C(=O)O)c(C(=O)O)c1C(=O)O.c1ccc2c(c1)ccc1c3c(ccc12)CCCC3. The molecule has 0 radical (unpaired) electrons. The second-order valence-electron chi connectivity index (χ2n) is 8.02. The molecular weight excluding hydrogens is 456 g/mol. The first-order chi connectivity index (χ1) is 16.7. The van der Waals surface area contributed by atoms with Gasteiger partial charge in [0.15, 0.2) is 0 Å². The quantitative estimate of drug-likeness (QED) is 0.299. The Morgan fingerprint density at radius 3 is 1.77 bits per heavy atom. The van der Waals surface area contributed by atoms with E-state index >= 15 is 0 Å². The summed E-state index contributed by atoms with van der Waals surface area (Å²) in [6.45, 7) is 0. The van der Waals surface area contributed by atoms with E-state index in [-0.39, 0.29) is 0 Å². The molecule has 9 heteroatoms. The molecule has 1 aliphatic rings. The summed E-state index contributed by atoms with van der Waals surface area (Å²) in [5, 5.41) is 40.1. The van der Waals surface area contributed by atoms with Crippen LogP contribution in [-0.4, -0.2) is 44.3 Å². The van der Waals surface area contributed by atoms with Crippen LogP contribution in [0.25, 0.3) is 21.5 Å². The fourth-order valence-electron chi connectivity index (χ4n) is 4.48. The normalized spacial score (nSPS) is 12.5. The van der Waals surface area contributed by atoms with Gasteiger partial charge in [0, 0.05) is 0 Å². The fraction of sp³-hybridized carbons (Fsp3) is 0.154. The van der Waals surface area contributed by atoms with Gasteiger partial charge in [-0.3, -0.25) is 0 Å². The minimum atomic E-state index is -1.91. The van der Waals surface area contributed by atoms with Crippen LogP contribution in [0.15, 0.2) is 52.9 Å². The highest BCUT2D eigenvalue weighted by Gasteiger charge is 2.35. The lowest BCUT2D eigenvalue weighted by molar-refractivity contribution is 0.0604. The highest BCUT2D eigenvalue weighted by Crippen LogP contribution is 2.33. The van der Waals surface area contributed by atoms with E-state index in [4.69, 9.17) is 20.4 Å². The Hall–Kier alpha value is -4.66. The Kier molecular flexibility index (Phi) is 6.24. The van der Waals surface area contributed by atoms with Gasteiger partial charge in [-0.15, -0.1) is 0 Å². The first kappa shape index (κ1) is 23.5. The van der Waals surface area contributed by atoms with Crippen molar-refractivity contribution in [2.75, 3.05) is 0 Å². The standard InChI is InChI=1S/C18H16.C8H4O9/c1-3-7-15-13(5-1)9-11-18-16-8-4-2-6-14(16)10-12-17(15)18;9-5(10)1-2(6(11)12)4(8(15)16)17-3(1)7(13)14/h1,3,5,7,9-12H,2,4,6,8H2;(H,9,10)(H,11,12)(H,13,14)(H,15,16). The lowest BCUT2D eigenvalue weighted by Gasteiger charge is -2.18. The Morgan fingerprint density at radius 1 is 0.600 bits per heavy atom. The van der Waals surface area contributed by atoms with Crippen LogP contribution in [0.2, 0.25) is 0 Å². The van der Waals surface area contributed by atoms with E-state index in [0.29, 0.717) is 0 Å². The summed E-state index contributed by atoms with van der Waals surface area (Å²) in [6.07, 6.45) is 5.22. The zero-order valence-corrected chi connectivity index (χ0v) is 18.3. The molecule has 0 aliphatic heterocycles. The van der Waals surface area contributed by atoms with Crippen LogP contribution in [0.5, 0.6) is 0 Å². The first-order valence-corrected chi connectivity index (χ1v) is 10.7. The predicted octanol–water partition coefficient (Wildman–Crippen LogP) is 4.94. The number of hydrogen-bond donors (Lipinski definition) is 4. The Balaban J connectivity index is 0.000000166. The molecule has 1 aliphatic carbocycles. The monoisotopic (exact) mass is 476 g/mol. The van der Waals surface area contributed by atoms with E-state index in [1.165, 1.54) is 47.2 Å². The van der Waals surface area contributed by atoms with Crippen LogP contribution in [-0.2, 0) is 12.8 Å². The van der Waals surface area contributed by atoms with E-state index in [0.717, 1.165) is 0 Å². The first-order valence-electron chi connectivity index (χ1n) is 10.7. The third kappa shape index (κ3) is 4.31. The highest BCUT2D eigenvalue weighted by molar-refractivity contribution is 6.12. The molecule has 5 rings (SSSR count). The number of carboxylic acids is 4. The molecule has 0 fully saturated rings. The van der Waals surface area contributed by atoms with Crippen LogP contribution < -0.4 is 0 Å². The van der Waals surface area contributed by atoms with Gasteiger partial charge in [-0.25, -0.2) is 19.2 Å². The molecule has 0 saturated carbocycles. The Morgan fingerprint density at radius 2 is 1.17 bits per heavy atom. The lowest BCUT2D eigenvalue weighted by Crippen LogP contribution is -2.12. The summed E-state index contributed by atoms with van der Waals surface area (Å²) in [6, 6.07) is 18.0. The van der Waals surface area contributed by atoms with E-state index in [1.807, 2.05) is 0 Å². The third-order valence-electron chi connectivity index (χ3n) is 5.98. The molecule has 0 bridgehead atoms. The maximum absolute atomic E-state index is 10.7. The van der Waals surface area contributed by atoms with Crippen LogP contribution in [0, 0.1) is 0 Å². The van der Waals surface area contributed by atoms with Crippen molar-refractivity contribution in [2.45, 2.75) is 25.7 Å². The maximum Gasteiger partial charge on any atom is 0.372 e. The molecular formula is C26H20O9. The van der Waals surface area contributed by atoms with E-state index in [2.05, 4.69) is 52.9 Å². The van der Waals surface area contributed by atoms with Crippen molar-refractivity contribution in [2.24, 2.45) is 0 Å².